The van der Waals surface area contributed by atoms with E-state index < -0.39 is 5.76 Å². The number of aromatic nitrogens is 2. The standard InChI is InChI=1S/C20H26N2O3/c1-14(10-11-16-17(23)9-6-12-20(16,3)4)7-5-8-15(2)13-18-21-22-19(24)25-18/h5,7-8,10-11,13,23H,6,9,12H2,1-4H3,(H,22,24)/b8-5+,11-10+,14-7+,15-13+. The molecule has 0 spiro atoms. The van der Waals surface area contributed by atoms with Crippen molar-refractivity contribution in [2.24, 2.45) is 5.41 Å². The zero-order valence-corrected chi connectivity index (χ0v) is 15.3. The van der Waals surface area contributed by atoms with E-state index in [1.165, 1.54) is 0 Å². The number of hydrogen-bond donors (Lipinski definition) is 2. The van der Waals surface area contributed by atoms with E-state index in [9.17, 15) is 9.90 Å². The summed E-state index contributed by atoms with van der Waals surface area (Å²) in [6.07, 6.45) is 14.4. The summed E-state index contributed by atoms with van der Waals surface area (Å²) in [4.78, 5) is 10.9. The van der Waals surface area contributed by atoms with Crippen LogP contribution in [-0.2, 0) is 0 Å². The van der Waals surface area contributed by atoms with Crippen molar-refractivity contribution < 1.29 is 9.52 Å². The monoisotopic (exact) mass is 342 g/mol. The fraction of sp³-hybridized carbons (Fsp3) is 0.400. The molecule has 0 saturated heterocycles. The fourth-order valence-corrected chi connectivity index (χ4v) is 2.85. The van der Waals surface area contributed by atoms with Crippen LogP contribution in [0.3, 0.4) is 0 Å². The average Bonchev–Trinajstić information content (AvgIpc) is 2.91. The van der Waals surface area contributed by atoms with Crippen LogP contribution in [0.5, 0.6) is 0 Å². The smallest absolute Gasteiger partial charge is 0.434 e. The topological polar surface area (TPSA) is 79.1 Å². The molecule has 0 unspecified atom stereocenters. The third kappa shape index (κ3) is 5.48. The van der Waals surface area contributed by atoms with Gasteiger partial charge in [0.1, 0.15) is 0 Å². The van der Waals surface area contributed by atoms with Gasteiger partial charge in [-0.05, 0) is 43.3 Å². The second kappa shape index (κ2) is 8.01. The second-order valence-electron chi connectivity index (χ2n) is 7.04. The predicted octanol–water partition coefficient (Wildman–Crippen LogP) is 4.85. The Morgan fingerprint density at radius 3 is 2.68 bits per heavy atom. The highest BCUT2D eigenvalue weighted by Gasteiger charge is 2.28. The molecule has 1 aliphatic carbocycles. The Bertz CT molecular complexity index is 814. The molecule has 2 N–H and O–H groups in total. The highest BCUT2D eigenvalue weighted by Crippen LogP contribution is 2.40. The van der Waals surface area contributed by atoms with Crippen LogP contribution in [0.2, 0.25) is 0 Å². The van der Waals surface area contributed by atoms with Crippen LogP contribution in [0.25, 0.3) is 6.08 Å². The zero-order valence-electron chi connectivity index (χ0n) is 15.3. The molecule has 0 atom stereocenters. The minimum absolute atomic E-state index is 0.0156. The SMILES string of the molecule is CC(/C=C/C1=C(O)CCCC1(C)C)=C\C=C\C(C)=C\c1n[nH]c(=O)o1. The third-order valence-corrected chi connectivity index (χ3v) is 4.29. The van der Waals surface area contributed by atoms with Crippen molar-refractivity contribution in [3.63, 3.8) is 0 Å². The van der Waals surface area contributed by atoms with E-state index in [0.29, 0.717) is 5.76 Å². The normalized spacial score (nSPS) is 19.4. The molecule has 0 aromatic carbocycles. The maximum Gasteiger partial charge on any atom is 0.434 e. The van der Waals surface area contributed by atoms with Crippen molar-refractivity contribution in [3.8, 4) is 0 Å². The van der Waals surface area contributed by atoms with Crippen LogP contribution in [0.15, 0.2) is 62.1 Å². The first-order valence-corrected chi connectivity index (χ1v) is 8.47. The Hall–Kier alpha value is -2.56. The molecule has 0 fully saturated rings. The van der Waals surface area contributed by atoms with Gasteiger partial charge in [-0.1, -0.05) is 49.8 Å². The van der Waals surface area contributed by atoms with Gasteiger partial charge < -0.3 is 9.52 Å². The number of nitrogens with zero attached hydrogens (tertiary/aromatic N) is 1. The predicted molar refractivity (Wildman–Crippen MR) is 100 cm³/mol. The van der Waals surface area contributed by atoms with Crippen molar-refractivity contribution in [1.29, 1.82) is 0 Å². The second-order valence-corrected chi connectivity index (χ2v) is 7.04. The molecule has 0 amide bonds. The molecule has 1 heterocycles. The van der Waals surface area contributed by atoms with E-state index in [0.717, 1.165) is 36.0 Å². The minimum atomic E-state index is -0.563. The summed E-state index contributed by atoms with van der Waals surface area (Å²) in [5, 5.41) is 16.1. The van der Waals surface area contributed by atoms with Crippen molar-refractivity contribution in [3.05, 3.63) is 69.3 Å². The van der Waals surface area contributed by atoms with Gasteiger partial charge in [0.05, 0.1) is 5.76 Å². The highest BCUT2D eigenvalue weighted by atomic mass is 16.4. The van der Waals surface area contributed by atoms with Crippen LogP contribution in [0, 0.1) is 5.41 Å². The molecule has 1 aromatic heterocycles. The summed E-state index contributed by atoms with van der Waals surface area (Å²) in [6.45, 7) is 8.25. The summed E-state index contributed by atoms with van der Waals surface area (Å²) < 4.78 is 4.83. The number of aliphatic hydroxyl groups is 1. The van der Waals surface area contributed by atoms with Crippen LogP contribution < -0.4 is 5.76 Å². The first kappa shape index (κ1) is 18.8. The van der Waals surface area contributed by atoms with Crippen molar-refractivity contribution >= 4 is 6.08 Å². The number of aromatic amines is 1. The van der Waals surface area contributed by atoms with Crippen LogP contribution >= 0.6 is 0 Å². The van der Waals surface area contributed by atoms with Crippen LogP contribution in [0.1, 0.15) is 52.8 Å². The molecule has 5 nitrogen and oxygen atoms in total. The molecular weight excluding hydrogens is 316 g/mol. The Kier molecular flexibility index (Phi) is 6.02. The molecule has 25 heavy (non-hydrogen) atoms. The Balaban J connectivity index is 2.04. The summed E-state index contributed by atoms with van der Waals surface area (Å²) >= 11 is 0. The molecule has 0 bridgehead atoms. The molecular formula is C20H26N2O3. The van der Waals surface area contributed by atoms with Crippen molar-refractivity contribution in [1.82, 2.24) is 10.2 Å². The Morgan fingerprint density at radius 1 is 1.28 bits per heavy atom. The number of rotatable bonds is 5. The summed E-state index contributed by atoms with van der Waals surface area (Å²) in [7, 11) is 0. The molecule has 2 rings (SSSR count). The van der Waals surface area contributed by atoms with Gasteiger partial charge in [0.15, 0.2) is 0 Å². The van der Waals surface area contributed by atoms with Crippen LogP contribution in [-0.4, -0.2) is 15.3 Å². The Morgan fingerprint density at radius 2 is 2.04 bits per heavy atom. The van der Waals surface area contributed by atoms with Gasteiger partial charge in [0, 0.05) is 12.5 Å². The van der Waals surface area contributed by atoms with Gasteiger partial charge in [0.25, 0.3) is 0 Å². The average molecular weight is 342 g/mol. The number of allylic oxidation sites excluding steroid dienone is 9. The third-order valence-electron chi connectivity index (χ3n) is 4.29. The first-order valence-electron chi connectivity index (χ1n) is 8.47. The molecule has 5 heteroatoms. The fourth-order valence-electron chi connectivity index (χ4n) is 2.85. The lowest BCUT2D eigenvalue weighted by Crippen LogP contribution is -2.19. The van der Waals surface area contributed by atoms with Gasteiger partial charge in [-0.2, -0.15) is 0 Å². The van der Waals surface area contributed by atoms with E-state index in [-0.39, 0.29) is 11.3 Å². The molecule has 134 valence electrons. The molecule has 1 aromatic rings. The molecule has 0 saturated carbocycles. The van der Waals surface area contributed by atoms with E-state index in [1.54, 1.807) is 6.08 Å². The largest absolute Gasteiger partial charge is 0.512 e. The maximum absolute atomic E-state index is 10.9. The van der Waals surface area contributed by atoms with Gasteiger partial charge in [-0.3, -0.25) is 0 Å². The van der Waals surface area contributed by atoms with Gasteiger partial charge in [-0.15, -0.1) is 5.10 Å². The zero-order chi connectivity index (χ0) is 18.4. The molecule has 1 aliphatic rings. The summed E-state index contributed by atoms with van der Waals surface area (Å²) in [6, 6.07) is 0. The van der Waals surface area contributed by atoms with E-state index in [2.05, 4.69) is 24.0 Å². The van der Waals surface area contributed by atoms with Gasteiger partial charge >= 0.3 is 5.76 Å². The lowest BCUT2D eigenvalue weighted by Gasteiger charge is -2.31. The van der Waals surface area contributed by atoms with Crippen molar-refractivity contribution in [2.45, 2.75) is 47.0 Å². The quantitative estimate of drug-likeness (QED) is 0.750. The van der Waals surface area contributed by atoms with E-state index >= 15 is 0 Å². The van der Waals surface area contributed by atoms with E-state index in [1.807, 2.05) is 44.2 Å². The molecule has 0 aliphatic heterocycles. The lowest BCUT2D eigenvalue weighted by molar-refractivity contribution is 0.292. The summed E-state index contributed by atoms with van der Waals surface area (Å²) in [5.41, 5.74) is 3.04. The highest BCUT2D eigenvalue weighted by molar-refractivity contribution is 5.47. The lowest BCUT2D eigenvalue weighted by atomic mass is 9.74. The van der Waals surface area contributed by atoms with Gasteiger partial charge in [0.2, 0.25) is 5.89 Å². The van der Waals surface area contributed by atoms with Crippen LogP contribution in [0.4, 0.5) is 0 Å². The van der Waals surface area contributed by atoms with Gasteiger partial charge in [-0.25, -0.2) is 9.89 Å². The summed E-state index contributed by atoms with van der Waals surface area (Å²) in [5.74, 6) is 0.205. The minimum Gasteiger partial charge on any atom is -0.512 e. The van der Waals surface area contributed by atoms with E-state index in [4.69, 9.17) is 4.42 Å². The molecule has 0 radical (unpaired) electrons. The number of H-pyrrole nitrogens is 1. The number of nitrogens with one attached hydrogen (secondary N) is 1. The Labute approximate surface area is 148 Å². The number of hydrogen-bond acceptors (Lipinski definition) is 4. The first-order chi connectivity index (χ1) is 11.8. The number of aliphatic hydroxyl groups excluding tert-OH is 1. The van der Waals surface area contributed by atoms with Crippen molar-refractivity contribution in [2.75, 3.05) is 0 Å². The maximum atomic E-state index is 10.9.